The molecule has 0 amide bonds. The van der Waals surface area contributed by atoms with Gasteiger partial charge >= 0.3 is 0 Å². The Balaban J connectivity index is 0.00000301. The fraction of sp³-hybridized carbons (Fsp3) is 0.476. The average Bonchev–Trinajstić information content (AvgIpc) is 2.71. The molecule has 0 spiro atoms. The summed E-state index contributed by atoms with van der Waals surface area (Å²) in [4.78, 5) is 4.14. The topological polar surface area (TPSA) is 46.2 Å². The molecule has 4 nitrogen and oxygen atoms in total. The first kappa shape index (κ1) is 24.3. The molecule has 146 valence electrons. The predicted octanol–water partition coefficient (Wildman–Crippen LogP) is 5.18. The maximum absolute atomic E-state index is 5.60. The maximum atomic E-state index is 5.60. The fourth-order valence-corrected chi connectivity index (χ4v) is 2.65. The minimum atomic E-state index is 0.774. The summed E-state index contributed by atoms with van der Waals surface area (Å²) in [7, 11) is 1.93. The quantitative estimate of drug-likeness (QED) is 0.227. The van der Waals surface area contributed by atoms with E-state index in [9.17, 15) is 0 Å². The van der Waals surface area contributed by atoms with Gasteiger partial charge in [0.05, 0.1) is 6.61 Å². The van der Waals surface area contributed by atoms with Gasteiger partial charge in [-0.25, -0.2) is 0 Å². The molecule has 26 heavy (non-hydrogen) atoms. The summed E-state index contributed by atoms with van der Waals surface area (Å²) in [6, 6.07) is 3.99. The van der Waals surface area contributed by atoms with Crippen LogP contribution >= 0.6 is 11.8 Å². The third-order valence-corrected chi connectivity index (χ3v) is 3.93. The van der Waals surface area contributed by atoms with E-state index in [1.54, 1.807) is 18.0 Å². The first-order valence-electron chi connectivity index (χ1n) is 9.38. The van der Waals surface area contributed by atoms with Crippen molar-refractivity contribution in [3.63, 3.8) is 0 Å². The zero-order valence-corrected chi connectivity index (χ0v) is 17.7. The van der Waals surface area contributed by atoms with Crippen molar-refractivity contribution in [2.24, 2.45) is 0 Å². The molecule has 1 heterocycles. The number of hydrogen-bond donors (Lipinski definition) is 2. The van der Waals surface area contributed by atoms with Crippen molar-refractivity contribution in [2.45, 2.75) is 40.5 Å². The zero-order chi connectivity index (χ0) is 19.5. The van der Waals surface area contributed by atoms with Gasteiger partial charge in [0.2, 0.25) is 0 Å². The van der Waals surface area contributed by atoms with Gasteiger partial charge in [0, 0.05) is 36.6 Å². The highest BCUT2D eigenvalue weighted by Gasteiger charge is 1.97. The predicted molar refractivity (Wildman–Crippen MR) is 117 cm³/mol. The SMILES string of the molecule is C/C=C(\C=C/CCNCS/C=C(\NC)c1cccnc1)OCCC.CC. The molecule has 0 aromatic carbocycles. The molecule has 2 N–H and O–H groups in total. The Morgan fingerprint density at radius 1 is 1.35 bits per heavy atom. The monoisotopic (exact) mass is 377 g/mol. The normalized spacial score (nSPS) is 11.9. The fourth-order valence-electron chi connectivity index (χ4n) is 1.88. The van der Waals surface area contributed by atoms with Gasteiger partial charge in [0.15, 0.2) is 0 Å². The lowest BCUT2D eigenvalue weighted by Crippen LogP contribution is -2.13. The third kappa shape index (κ3) is 11.8. The van der Waals surface area contributed by atoms with Crippen LogP contribution in [0.1, 0.15) is 46.1 Å². The van der Waals surface area contributed by atoms with Gasteiger partial charge in [-0.1, -0.05) is 26.8 Å². The van der Waals surface area contributed by atoms with Crippen molar-refractivity contribution >= 4 is 17.5 Å². The zero-order valence-electron chi connectivity index (χ0n) is 16.9. The molecular weight excluding hydrogens is 342 g/mol. The lowest BCUT2D eigenvalue weighted by Gasteiger charge is -2.07. The van der Waals surface area contributed by atoms with E-state index in [0.29, 0.717) is 0 Å². The Labute approximate surface area is 164 Å². The minimum absolute atomic E-state index is 0.774. The largest absolute Gasteiger partial charge is 0.494 e. The molecule has 0 fully saturated rings. The first-order chi connectivity index (χ1) is 12.8. The second-order valence-corrected chi connectivity index (χ2v) is 5.92. The van der Waals surface area contributed by atoms with E-state index in [4.69, 9.17) is 4.74 Å². The van der Waals surface area contributed by atoms with Crippen LogP contribution in [-0.4, -0.2) is 31.1 Å². The van der Waals surface area contributed by atoms with Gasteiger partial charge in [-0.2, -0.15) is 0 Å². The number of nitrogens with one attached hydrogen (secondary N) is 2. The molecule has 0 bridgehead atoms. The smallest absolute Gasteiger partial charge is 0.114 e. The summed E-state index contributed by atoms with van der Waals surface area (Å²) in [6.07, 6.45) is 11.9. The number of allylic oxidation sites excluding steroid dienone is 2. The van der Waals surface area contributed by atoms with E-state index in [0.717, 1.165) is 48.9 Å². The number of ether oxygens (including phenoxy) is 1. The van der Waals surface area contributed by atoms with Crippen LogP contribution in [0, 0.1) is 0 Å². The summed E-state index contributed by atoms with van der Waals surface area (Å²) >= 11 is 1.74. The summed E-state index contributed by atoms with van der Waals surface area (Å²) in [5, 5.41) is 8.74. The van der Waals surface area contributed by atoms with Crippen molar-refractivity contribution in [3.8, 4) is 0 Å². The van der Waals surface area contributed by atoms with Crippen molar-refractivity contribution in [2.75, 3.05) is 26.1 Å². The number of aromatic nitrogens is 1. The standard InChI is InChI=1S/C19H29N3OS.C2H6/c1-4-13-23-18(5-2)10-6-7-11-22-16-24-15-19(20-3)17-9-8-12-21-14-17;1-2/h5-6,8-10,12,14-15,20,22H,4,7,11,13,16H2,1-3H3;1-2H3/b10-6-,18-5+,19-15-;. The lowest BCUT2D eigenvalue weighted by atomic mass is 10.2. The van der Waals surface area contributed by atoms with E-state index in [1.807, 2.05) is 58.3 Å². The number of hydrogen-bond acceptors (Lipinski definition) is 5. The van der Waals surface area contributed by atoms with Gasteiger partial charge in [-0.3, -0.25) is 4.98 Å². The Bertz CT molecular complexity index is 527. The van der Waals surface area contributed by atoms with Gasteiger partial charge in [0.1, 0.15) is 5.76 Å². The molecule has 0 atom stereocenters. The van der Waals surface area contributed by atoms with E-state index in [1.165, 1.54) is 0 Å². The Kier molecular flexibility index (Phi) is 16.9. The molecule has 0 saturated heterocycles. The molecule has 0 aliphatic rings. The van der Waals surface area contributed by atoms with Gasteiger partial charge in [0.25, 0.3) is 0 Å². The highest BCUT2D eigenvalue weighted by molar-refractivity contribution is 8.02. The van der Waals surface area contributed by atoms with Crippen LogP contribution in [0.5, 0.6) is 0 Å². The maximum Gasteiger partial charge on any atom is 0.114 e. The van der Waals surface area contributed by atoms with Crippen LogP contribution in [-0.2, 0) is 4.74 Å². The Morgan fingerprint density at radius 2 is 2.15 bits per heavy atom. The number of thioether (sulfide) groups is 1. The highest BCUT2D eigenvalue weighted by Crippen LogP contribution is 2.13. The molecule has 0 radical (unpaired) electrons. The molecule has 1 rings (SSSR count). The highest BCUT2D eigenvalue weighted by atomic mass is 32.2. The van der Waals surface area contributed by atoms with E-state index in [-0.39, 0.29) is 0 Å². The Hall–Kier alpha value is -1.72. The van der Waals surface area contributed by atoms with Crippen molar-refractivity contribution < 1.29 is 4.74 Å². The van der Waals surface area contributed by atoms with Crippen molar-refractivity contribution in [1.29, 1.82) is 0 Å². The van der Waals surface area contributed by atoms with Crippen LogP contribution in [0.4, 0.5) is 0 Å². The number of pyridine rings is 1. The number of nitrogens with zero attached hydrogens (tertiary/aromatic N) is 1. The summed E-state index contributed by atoms with van der Waals surface area (Å²) in [6.45, 7) is 9.83. The van der Waals surface area contributed by atoms with Crippen LogP contribution < -0.4 is 10.6 Å². The lowest BCUT2D eigenvalue weighted by molar-refractivity contribution is 0.224. The summed E-state index contributed by atoms with van der Waals surface area (Å²) < 4.78 is 5.60. The molecule has 0 unspecified atom stereocenters. The minimum Gasteiger partial charge on any atom is -0.494 e. The van der Waals surface area contributed by atoms with Crippen LogP contribution in [0.25, 0.3) is 5.70 Å². The Morgan fingerprint density at radius 3 is 2.77 bits per heavy atom. The molecule has 0 aliphatic carbocycles. The van der Waals surface area contributed by atoms with Gasteiger partial charge < -0.3 is 15.4 Å². The van der Waals surface area contributed by atoms with Crippen molar-refractivity contribution in [1.82, 2.24) is 15.6 Å². The summed E-state index contributed by atoms with van der Waals surface area (Å²) in [5.41, 5.74) is 2.18. The third-order valence-electron chi connectivity index (χ3n) is 3.16. The first-order valence-corrected chi connectivity index (χ1v) is 10.4. The second kappa shape index (κ2) is 18.1. The molecule has 5 heteroatoms. The van der Waals surface area contributed by atoms with E-state index in [2.05, 4.69) is 34.0 Å². The average molecular weight is 378 g/mol. The molecular formula is C21H35N3OS. The van der Waals surface area contributed by atoms with Crippen LogP contribution in [0.2, 0.25) is 0 Å². The molecule has 0 aliphatic heterocycles. The van der Waals surface area contributed by atoms with Gasteiger partial charge in [-0.15, -0.1) is 11.8 Å². The van der Waals surface area contributed by atoms with E-state index >= 15 is 0 Å². The summed E-state index contributed by atoms with van der Waals surface area (Å²) in [5.74, 6) is 1.83. The van der Waals surface area contributed by atoms with Crippen molar-refractivity contribution in [3.05, 3.63) is 59.5 Å². The van der Waals surface area contributed by atoms with Gasteiger partial charge in [-0.05, 0) is 56.0 Å². The number of rotatable bonds is 12. The molecule has 1 aromatic heterocycles. The molecule has 0 saturated carbocycles. The second-order valence-electron chi connectivity index (χ2n) is 5.06. The van der Waals surface area contributed by atoms with E-state index < -0.39 is 0 Å². The van der Waals surface area contributed by atoms with Crippen LogP contribution in [0.15, 0.2) is 53.9 Å². The molecule has 1 aromatic rings. The van der Waals surface area contributed by atoms with Crippen LogP contribution in [0.3, 0.4) is 0 Å².